The van der Waals surface area contributed by atoms with Crippen molar-refractivity contribution >= 4 is 0 Å². The van der Waals surface area contributed by atoms with Crippen molar-refractivity contribution in [2.75, 3.05) is 0 Å². The van der Waals surface area contributed by atoms with Gasteiger partial charge in [-0.05, 0) is 12.8 Å². The van der Waals surface area contributed by atoms with Crippen molar-refractivity contribution in [2.24, 2.45) is 0 Å². The van der Waals surface area contributed by atoms with E-state index >= 15 is 0 Å². The van der Waals surface area contributed by atoms with Crippen LogP contribution >= 0.6 is 0 Å². The highest BCUT2D eigenvalue weighted by Gasteiger charge is 1.98. The molecule has 0 amide bonds. The van der Waals surface area contributed by atoms with Gasteiger partial charge in [-0.15, -0.1) is 0 Å². The van der Waals surface area contributed by atoms with Gasteiger partial charge in [0.2, 0.25) is 0 Å². The van der Waals surface area contributed by atoms with Crippen LogP contribution in [-0.4, -0.2) is 0 Å². The Hall–Kier alpha value is -0.870. The first-order valence-electron chi connectivity index (χ1n) is 3.38. The molecule has 0 aromatic carbocycles. The van der Waals surface area contributed by atoms with Gasteiger partial charge in [0, 0.05) is 6.08 Å². The minimum Gasteiger partial charge on any atom is -0.0650 e. The number of hydrogen-bond acceptors (Lipinski definition) is 0. The molecule has 0 aromatic rings. The summed E-state index contributed by atoms with van der Waals surface area (Å²) in [5.74, 6) is 0. The summed E-state index contributed by atoms with van der Waals surface area (Å²) in [5, 5.41) is 0. The Morgan fingerprint density at radius 1 is 1.56 bits per heavy atom. The highest BCUT2D eigenvalue weighted by molar-refractivity contribution is 5.29. The standard InChI is InChI=1S/C9H11/c1-2-6-9-7-4-3-5-8-9/h4-5,7-8H,2,6H2,1H3/q+1. The third-order valence-corrected chi connectivity index (χ3v) is 1.33. The summed E-state index contributed by atoms with van der Waals surface area (Å²) in [6, 6.07) is 0. The maximum absolute atomic E-state index is 2.99. The molecule has 0 heterocycles. The second-order valence-corrected chi connectivity index (χ2v) is 2.16. The zero-order valence-corrected chi connectivity index (χ0v) is 5.72. The first kappa shape index (κ1) is 6.25. The Bertz CT molecular complexity index is 159. The lowest BCUT2D eigenvalue weighted by Gasteiger charge is -1.90. The zero-order valence-electron chi connectivity index (χ0n) is 5.72. The average molecular weight is 119 g/mol. The fourth-order valence-electron chi connectivity index (χ4n) is 0.877. The molecule has 0 radical (unpaired) electrons. The van der Waals surface area contributed by atoms with Crippen LogP contribution in [0.15, 0.2) is 29.9 Å². The molecular formula is C9H11+. The monoisotopic (exact) mass is 119 g/mol. The van der Waals surface area contributed by atoms with Gasteiger partial charge in [0.1, 0.15) is 12.2 Å². The smallest absolute Gasteiger partial charge is 0.0650 e. The lowest BCUT2D eigenvalue weighted by molar-refractivity contribution is 0.925. The Kier molecular flexibility index (Phi) is 2.23. The van der Waals surface area contributed by atoms with E-state index in [1.165, 1.54) is 18.4 Å². The number of hydrogen-bond donors (Lipinski definition) is 0. The second-order valence-electron chi connectivity index (χ2n) is 2.16. The van der Waals surface area contributed by atoms with Crippen LogP contribution in [0.2, 0.25) is 0 Å². The van der Waals surface area contributed by atoms with E-state index in [1.807, 2.05) is 12.2 Å². The molecule has 46 valence electrons. The van der Waals surface area contributed by atoms with E-state index in [0.29, 0.717) is 0 Å². The summed E-state index contributed by atoms with van der Waals surface area (Å²) in [6.07, 6.45) is 13.6. The predicted molar refractivity (Wildman–Crippen MR) is 39.9 cm³/mol. The highest BCUT2D eigenvalue weighted by atomic mass is 13.9. The largest absolute Gasteiger partial charge is 0.103 e. The average Bonchev–Trinajstić information content (AvgIpc) is 1.91. The van der Waals surface area contributed by atoms with Crippen LogP contribution in [0.4, 0.5) is 0 Å². The molecule has 1 aliphatic carbocycles. The van der Waals surface area contributed by atoms with E-state index in [4.69, 9.17) is 0 Å². The molecule has 9 heavy (non-hydrogen) atoms. The summed E-state index contributed by atoms with van der Waals surface area (Å²) in [5.41, 5.74) is 1.41. The molecule has 0 spiro atoms. The molecule has 0 atom stereocenters. The molecule has 0 fully saturated rings. The molecule has 0 bridgehead atoms. The van der Waals surface area contributed by atoms with Crippen LogP contribution < -0.4 is 0 Å². The molecule has 0 heteroatoms. The minimum absolute atomic E-state index is 1.19. The third-order valence-electron chi connectivity index (χ3n) is 1.33. The van der Waals surface area contributed by atoms with E-state index in [-0.39, 0.29) is 0 Å². The molecular weight excluding hydrogens is 108 g/mol. The highest BCUT2D eigenvalue weighted by Crippen LogP contribution is 2.09. The van der Waals surface area contributed by atoms with Crippen LogP contribution in [0.3, 0.4) is 0 Å². The first-order valence-corrected chi connectivity index (χ1v) is 3.38. The summed E-state index contributed by atoms with van der Waals surface area (Å²) in [7, 11) is 0. The Labute approximate surface area is 56.6 Å². The molecule has 0 N–H and O–H groups in total. The fourth-order valence-corrected chi connectivity index (χ4v) is 0.877. The van der Waals surface area contributed by atoms with Crippen LogP contribution in [0, 0.1) is 6.08 Å². The van der Waals surface area contributed by atoms with Gasteiger partial charge in [-0.25, -0.2) is 0 Å². The van der Waals surface area contributed by atoms with Crippen LogP contribution in [0.1, 0.15) is 19.8 Å². The van der Waals surface area contributed by atoms with Gasteiger partial charge in [-0.2, -0.15) is 0 Å². The minimum atomic E-state index is 1.19. The Morgan fingerprint density at radius 3 is 3.00 bits per heavy atom. The van der Waals surface area contributed by atoms with Crippen molar-refractivity contribution in [3.05, 3.63) is 36.0 Å². The van der Waals surface area contributed by atoms with Crippen molar-refractivity contribution in [3.8, 4) is 0 Å². The van der Waals surface area contributed by atoms with Gasteiger partial charge < -0.3 is 0 Å². The zero-order chi connectivity index (χ0) is 6.53. The Morgan fingerprint density at radius 2 is 2.44 bits per heavy atom. The van der Waals surface area contributed by atoms with Crippen LogP contribution in [-0.2, 0) is 0 Å². The molecule has 0 unspecified atom stereocenters. The summed E-state index contributed by atoms with van der Waals surface area (Å²) in [4.78, 5) is 0. The maximum atomic E-state index is 2.99. The van der Waals surface area contributed by atoms with E-state index in [2.05, 4.69) is 25.2 Å². The van der Waals surface area contributed by atoms with Gasteiger partial charge in [0.25, 0.3) is 0 Å². The molecule has 0 aliphatic heterocycles. The van der Waals surface area contributed by atoms with Gasteiger partial charge in [0.15, 0.2) is 0 Å². The van der Waals surface area contributed by atoms with E-state index in [1.54, 1.807) is 0 Å². The second kappa shape index (κ2) is 3.21. The summed E-state index contributed by atoms with van der Waals surface area (Å²) < 4.78 is 0. The normalized spacial score (nSPS) is 15.0. The lowest BCUT2D eigenvalue weighted by atomic mass is 10.1. The molecule has 1 aliphatic rings. The topological polar surface area (TPSA) is 0 Å². The van der Waals surface area contributed by atoms with Crippen molar-refractivity contribution in [1.82, 2.24) is 0 Å². The molecule has 1 rings (SSSR count). The quantitative estimate of drug-likeness (QED) is 0.490. The molecule has 0 nitrogen and oxygen atoms in total. The van der Waals surface area contributed by atoms with Crippen molar-refractivity contribution in [3.63, 3.8) is 0 Å². The number of allylic oxidation sites excluding steroid dienone is 6. The molecule has 0 aromatic heterocycles. The van der Waals surface area contributed by atoms with E-state index < -0.39 is 0 Å². The van der Waals surface area contributed by atoms with Crippen molar-refractivity contribution in [2.45, 2.75) is 19.8 Å². The Balaban J connectivity index is 2.51. The molecule has 0 saturated heterocycles. The van der Waals surface area contributed by atoms with Crippen LogP contribution in [0.25, 0.3) is 0 Å². The molecule has 0 saturated carbocycles. The third kappa shape index (κ3) is 1.83. The van der Waals surface area contributed by atoms with Crippen molar-refractivity contribution < 1.29 is 0 Å². The maximum Gasteiger partial charge on any atom is 0.103 e. The summed E-state index contributed by atoms with van der Waals surface area (Å²) >= 11 is 0. The summed E-state index contributed by atoms with van der Waals surface area (Å²) in [6.45, 7) is 2.19. The van der Waals surface area contributed by atoms with Gasteiger partial charge in [-0.3, -0.25) is 0 Å². The van der Waals surface area contributed by atoms with Gasteiger partial charge in [-0.1, -0.05) is 6.92 Å². The van der Waals surface area contributed by atoms with Crippen LogP contribution in [0.5, 0.6) is 0 Å². The van der Waals surface area contributed by atoms with Gasteiger partial charge >= 0.3 is 0 Å². The van der Waals surface area contributed by atoms with E-state index in [9.17, 15) is 0 Å². The van der Waals surface area contributed by atoms with Crippen molar-refractivity contribution in [1.29, 1.82) is 0 Å². The van der Waals surface area contributed by atoms with E-state index in [0.717, 1.165) is 0 Å². The SMILES string of the molecule is CCCC1=CC=[C+]C=C1. The lowest BCUT2D eigenvalue weighted by Crippen LogP contribution is -1.78. The first-order chi connectivity index (χ1) is 4.43. The fraction of sp³-hybridized carbons (Fsp3) is 0.333. The van der Waals surface area contributed by atoms with Gasteiger partial charge in [0.05, 0.1) is 17.7 Å². The predicted octanol–water partition coefficient (Wildman–Crippen LogP) is 2.64. The number of rotatable bonds is 2.